The zero-order chi connectivity index (χ0) is 79.8. The maximum absolute atomic E-state index is 15.9. The summed E-state index contributed by atoms with van der Waals surface area (Å²) < 4.78 is 48.8. The van der Waals surface area contributed by atoms with Crippen molar-refractivity contribution in [3.05, 3.63) is 12.2 Å². The Morgan fingerprint density at radius 3 is 1.93 bits per heavy atom. The summed E-state index contributed by atoms with van der Waals surface area (Å²) in [7, 11) is 13.7. The van der Waals surface area contributed by atoms with Gasteiger partial charge in [-0.1, -0.05) is 85.8 Å². The van der Waals surface area contributed by atoms with Crippen LogP contribution >= 0.6 is 0 Å². The van der Waals surface area contributed by atoms with Gasteiger partial charge in [0.25, 0.3) is 0 Å². The van der Waals surface area contributed by atoms with Crippen LogP contribution < -0.4 is 16.0 Å². The van der Waals surface area contributed by atoms with Gasteiger partial charge in [-0.2, -0.15) is 13.2 Å². The lowest BCUT2D eigenvalue weighted by atomic mass is 9.58. The molecule has 4 aliphatic carbocycles. The first-order valence-electron chi connectivity index (χ1n) is 40.1. The molecule has 4 unspecified atom stereocenters. The molecule has 8 aliphatic rings. The summed E-state index contributed by atoms with van der Waals surface area (Å²) in [6, 6.07) is -9.80. The molecular formula is C79H128F3N13O13. The Labute approximate surface area is 638 Å². The SMILES string of the molecule is CCC[C@H]1C(=O)N[C@@H]([C@@H](C)CC)C(=O)N(C)CC(=O)N(C)[C@H]2C/C=C\CCN(C2=O)[C@@H](CC2CCC(C(F)(F)F)CC2)C(=O)N(C)CC(=O)N[C@@H](CCC2CCC3C(C)CN(C)C3C2)C(=O)N2C[C@H](OCC)C[C@H]2C(=O)NC2(CC(C)(C)C2)C(=O)N(C)[C@@H](C2CCCC2)C(=O)N(C)[C@H](C(=O)N(C)C)CC(=O)N1C. The molecule has 0 aromatic carbocycles. The van der Waals surface area contributed by atoms with Crippen molar-refractivity contribution in [2.24, 2.45) is 46.8 Å². The molecule has 1 spiro atoms. The van der Waals surface area contributed by atoms with Crippen molar-refractivity contribution in [1.82, 2.24) is 64.9 Å². The van der Waals surface area contributed by atoms with Crippen molar-refractivity contribution < 1.29 is 75.4 Å². The summed E-state index contributed by atoms with van der Waals surface area (Å²) in [6.07, 6.45) is 5.09. The third-order valence-electron chi connectivity index (χ3n) is 25.7. The van der Waals surface area contributed by atoms with Gasteiger partial charge in [0.15, 0.2) is 0 Å². The predicted molar refractivity (Wildman–Crippen MR) is 400 cm³/mol. The average molecular weight is 1520 g/mol. The first-order valence-corrected chi connectivity index (χ1v) is 40.1. The van der Waals surface area contributed by atoms with Crippen LogP contribution in [0.2, 0.25) is 0 Å². The second-order valence-corrected chi connectivity index (χ2v) is 34.4. The molecule has 0 aromatic rings. The van der Waals surface area contributed by atoms with Gasteiger partial charge in [0, 0.05) is 95.1 Å². The number of carbonyl (C=O) groups is 12. The third-order valence-corrected chi connectivity index (χ3v) is 25.7. The number of rotatable bonds is 13. The maximum atomic E-state index is 15.9. The minimum absolute atomic E-state index is 0.0218. The fourth-order valence-electron chi connectivity index (χ4n) is 19.4. The molecule has 0 aromatic heterocycles. The van der Waals surface area contributed by atoms with E-state index in [1.54, 1.807) is 26.0 Å². The van der Waals surface area contributed by atoms with E-state index >= 15 is 33.6 Å². The van der Waals surface area contributed by atoms with Gasteiger partial charge in [-0.05, 0) is 158 Å². The molecule has 3 N–H and O–H groups in total. The summed E-state index contributed by atoms with van der Waals surface area (Å²) in [5, 5.41) is 9.04. The van der Waals surface area contributed by atoms with Crippen LogP contribution in [0.25, 0.3) is 0 Å². The largest absolute Gasteiger partial charge is 0.391 e. The number of hydrogen-bond acceptors (Lipinski definition) is 14. The molecule has 14 atom stereocenters. The normalized spacial score (nSPS) is 33.0. The number of amides is 12. The highest BCUT2D eigenvalue weighted by molar-refractivity contribution is 6.01. The first kappa shape index (κ1) is 86.7. The summed E-state index contributed by atoms with van der Waals surface area (Å²) >= 11 is 0. The Bertz CT molecular complexity index is 3260. The molecule has 4 heterocycles. The Morgan fingerprint density at radius 1 is 0.667 bits per heavy atom. The monoisotopic (exact) mass is 1520 g/mol. The quantitative estimate of drug-likeness (QED) is 0.183. The van der Waals surface area contributed by atoms with E-state index in [-0.39, 0.29) is 103 Å². The highest BCUT2D eigenvalue weighted by Crippen LogP contribution is 2.50. The number of likely N-dealkylation sites (N-methyl/N-ethyl adjacent to an activating group) is 7. The highest BCUT2D eigenvalue weighted by atomic mass is 19.4. The summed E-state index contributed by atoms with van der Waals surface area (Å²) in [4.78, 5) is 197. The fraction of sp³-hybridized carbons (Fsp3) is 0.823. The van der Waals surface area contributed by atoms with E-state index in [2.05, 4.69) is 34.8 Å². The predicted octanol–water partition coefficient (Wildman–Crippen LogP) is 5.84. The zero-order valence-electron chi connectivity index (χ0n) is 67.4. The molecule has 12 amide bonds. The lowest BCUT2D eigenvalue weighted by molar-refractivity contribution is -0.184. The van der Waals surface area contributed by atoms with Gasteiger partial charge < -0.3 is 69.7 Å². The third kappa shape index (κ3) is 20.2. The Morgan fingerprint density at radius 2 is 1.31 bits per heavy atom. The molecule has 4 aliphatic heterocycles. The second kappa shape index (κ2) is 36.9. The number of halogens is 3. The molecule has 8 rings (SSSR count). The van der Waals surface area contributed by atoms with Gasteiger partial charge in [-0.3, -0.25) is 57.5 Å². The Balaban J connectivity index is 1.20. The van der Waals surface area contributed by atoms with Gasteiger partial charge in [-0.25, -0.2) is 0 Å². The lowest BCUT2D eigenvalue weighted by Crippen LogP contribution is -2.71. The second-order valence-electron chi connectivity index (χ2n) is 34.4. The number of alkyl halides is 3. The minimum atomic E-state index is -4.43. The van der Waals surface area contributed by atoms with E-state index in [4.69, 9.17) is 4.74 Å². The topological polar surface area (TPSA) is 283 Å². The van der Waals surface area contributed by atoms with Crippen LogP contribution in [-0.4, -0.2) is 295 Å². The molecule has 4 saturated carbocycles. The van der Waals surface area contributed by atoms with Gasteiger partial charge >= 0.3 is 6.18 Å². The Kier molecular flexibility index (Phi) is 29.7. The van der Waals surface area contributed by atoms with Crippen LogP contribution in [0, 0.1) is 46.8 Å². The van der Waals surface area contributed by atoms with Crippen molar-refractivity contribution in [3.63, 3.8) is 0 Å². The van der Waals surface area contributed by atoms with E-state index < -0.39 is 186 Å². The van der Waals surface area contributed by atoms with Gasteiger partial charge in [-0.15, -0.1) is 0 Å². The number of nitrogens with one attached hydrogen (secondary N) is 3. The number of nitrogens with zero attached hydrogens (tertiary/aromatic N) is 10. The van der Waals surface area contributed by atoms with Gasteiger partial charge in [0.2, 0.25) is 70.9 Å². The lowest BCUT2D eigenvalue weighted by Gasteiger charge is -2.54. The van der Waals surface area contributed by atoms with Crippen LogP contribution in [0.4, 0.5) is 13.2 Å². The van der Waals surface area contributed by atoms with E-state index in [0.29, 0.717) is 50.0 Å². The van der Waals surface area contributed by atoms with E-state index in [9.17, 15) is 37.1 Å². The summed E-state index contributed by atoms with van der Waals surface area (Å²) in [5.41, 5.74) is -2.09. The van der Waals surface area contributed by atoms with Gasteiger partial charge in [0.05, 0.1) is 31.5 Å². The number of likely N-dealkylation sites (tertiary alicyclic amines) is 1. The summed E-state index contributed by atoms with van der Waals surface area (Å²) in [6.45, 7) is 13.3. The zero-order valence-corrected chi connectivity index (χ0v) is 67.4. The van der Waals surface area contributed by atoms with Crippen LogP contribution in [0.5, 0.6) is 0 Å². The van der Waals surface area contributed by atoms with E-state index in [1.165, 1.54) is 90.7 Å². The van der Waals surface area contributed by atoms with Crippen LogP contribution in [-0.2, 0) is 62.3 Å². The molecular weight excluding hydrogens is 1400 g/mol. The Hall–Kier alpha value is -6.91. The van der Waals surface area contributed by atoms with Crippen molar-refractivity contribution in [1.29, 1.82) is 0 Å². The summed E-state index contributed by atoms with van der Waals surface area (Å²) in [5.74, 6) is -9.56. The van der Waals surface area contributed by atoms with E-state index in [1.807, 2.05) is 27.7 Å². The smallest absolute Gasteiger partial charge is 0.377 e. The molecule has 108 heavy (non-hydrogen) atoms. The van der Waals surface area contributed by atoms with Crippen LogP contribution in [0.1, 0.15) is 196 Å². The standard InChI is InChI=1S/C79H128F3N13O13/c1-17-25-57-68(99)84-66(48(4)18-2)74(105)89(12)45-65(98)91(14)58-28-21-20-24-37-94(73(58)104)62(39-50-29-33-53(34-30-50)79(80,81)82)72(103)88(11)44-63(96)83-56(36-32-51-31-35-55-49(5)42-87(10)59(55)38-51)70(101)95-43-54(108-19-3)40-60(95)69(100)85-78(46-77(6,7)47-78)76(107)93(16)67(52-26-22-23-27-52)75(106)92(15)61(71(102)86(8)9)41-64(97)90(57)13/h20-21,48-62,66-67H,17-19,22-47H2,1-16H3,(H,83,96)(H,84,99)(H,85,100)/b21-20-/t48-,49?,50?,51?,53?,54+,55?,56-,57-,58-,59?,60-,61-,62-,66-,67-/m0/s1. The number of hydrogen-bond donors (Lipinski definition) is 3. The number of carbonyl (C=O) groups excluding carboxylic acids is 12. The number of ether oxygens (including phenoxy) is 1. The van der Waals surface area contributed by atoms with Gasteiger partial charge in [0.1, 0.15) is 53.9 Å². The highest BCUT2D eigenvalue weighted by Gasteiger charge is 2.60. The van der Waals surface area contributed by atoms with Crippen molar-refractivity contribution in [2.45, 2.75) is 268 Å². The minimum Gasteiger partial charge on any atom is -0.377 e. The fourth-order valence-corrected chi connectivity index (χ4v) is 19.4. The number of fused-ring (bicyclic) bond motifs is 4. The van der Waals surface area contributed by atoms with Crippen LogP contribution in [0.3, 0.4) is 0 Å². The molecule has 608 valence electrons. The van der Waals surface area contributed by atoms with Crippen molar-refractivity contribution >= 4 is 70.9 Å². The molecule has 0 radical (unpaired) electrons. The molecule has 2 bridgehead atoms. The molecule has 29 heteroatoms. The molecule has 26 nitrogen and oxygen atoms in total. The average Bonchev–Trinajstić information content (AvgIpc) is 0.870. The maximum Gasteiger partial charge on any atom is 0.391 e. The molecule has 7 fully saturated rings. The van der Waals surface area contributed by atoms with Crippen molar-refractivity contribution in [3.8, 4) is 0 Å². The first-order chi connectivity index (χ1) is 50.8. The van der Waals surface area contributed by atoms with Crippen molar-refractivity contribution in [2.75, 3.05) is 103 Å². The van der Waals surface area contributed by atoms with E-state index in [0.717, 1.165) is 48.4 Å². The van der Waals surface area contributed by atoms with Crippen LogP contribution in [0.15, 0.2) is 12.2 Å². The molecule has 3 saturated heterocycles.